The summed E-state index contributed by atoms with van der Waals surface area (Å²) in [5.41, 5.74) is 8.51. The van der Waals surface area contributed by atoms with E-state index in [0.29, 0.717) is 24.6 Å². The third kappa shape index (κ3) is 5.80. The summed E-state index contributed by atoms with van der Waals surface area (Å²) in [4.78, 5) is 30.4. The molecule has 0 aromatic heterocycles. The first-order valence-corrected chi connectivity index (χ1v) is 15.7. The Bertz CT molecular complexity index is 1650. The first-order valence-electron chi connectivity index (χ1n) is 15.7. The summed E-state index contributed by atoms with van der Waals surface area (Å²) in [6, 6.07) is 33.6. The molecule has 0 bridgehead atoms. The number of amides is 3. The molecule has 0 unspecified atom stereocenters. The monoisotopic (exact) mass is 586 g/mol. The van der Waals surface area contributed by atoms with Crippen LogP contribution >= 0.6 is 0 Å². The molecule has 7 nitrogen and oxygen atoms in total. The number of hydrogen-bond donors (Lipinski definition) is 2. The van der Waals surface area contributed by atoms with Crippen LogP contribution in [0.3, 0.4) is 0 Å². The number of nitrogens with one attached hydrogen (secondary N) is 1. The molecule has 1 aliphatic carbocycles. The first kappa shape index (κ1) is 28.2. The number of carbonyl (C=O) groups is 2. The Morgan fingerprint density at radius 2 is 1.52 bits per heavy atom. The average molecular weight is 587 g/mol. The summed E-state index contributed by atoms with van der Waals surface area (Å²) in [7, 11) is 0. The van der Waals surface area contributed by atoms with Crippen LogP contribution in [0.15, 0.2) is 97.1 Å². The Morgan fingerprint density at radius 1 is 0.727 bits per heavy atom. The number of anilines is 2. The molecule has 2 heterocycles. The van der Waals surface area contributed by atoms with E-state index in [1.54, 1.807) is 4.90 Å². The van der Waals surface area contributed by atoms with Crippen molar-refractivity contribution in [1.82, 2.24) is 10.2 Å². The Hall–Kier alpha value is -4.62. The van der Waals surface area contributed by atoms with E-state index < -0.39 is 0 Å². The van der Waals surface area contributed by atoms with Gasteiger partial charge in [0.05, 0.1) is 0 Å². The molecule has 0 radical (unpaired) electrons. The largest absolute Gasteiger partial charge is 0.508 e. The lowest BCUT2D eigenvalue weighted by molar-refractivity contribution is -0.120. The minimum absolute atomic E-state index is 0.216. The summed E-state index contributed by atoms with van der Waals surface area (Å²) in [5, 5.41) is 12.6. The van der Waals surface area contributed by atoms with E-state index in [-0.39, 0.29) is 17.9 Å². The second-order valence-corrected chi connectivity index (χ2v) is 12.2. The first-order chi connectivity index (χ1) is 21.5. The number of imide groups is 1. The molecule has 4 aromatic carbocycles. The number of urea groups is 1. The molecule has 0 spiro atoms. The number of aromatic hydroxyl groups is 1. The van der Waals surface area contributed by atoms with Crippen LogP contribution in [0.5, 0.6) is 5.75 Å². The minimum Gasteiger partial charge on any atom is -0.508 e. The number of nitrogens with zero attached hydrogens (tertiary/aromatic N) is 3. The standard InChI is InChI=1S/C37H38N4O3/c42-32-14-16-34-29(24-32)11-15-33(27-6-2-1-3-7-27)36(34)28-9-12-30(13-10-28)40-21-19-39(20-22-40)25-26-5-4-8-31(23-26)41-18-17-35(43)38-37(41)44/h1-10,12-14,16,23-24,33,36,42H,11,15,17-22,25H2,(H,38,43,44)/t33-,36+/m0/s1. The third-order valence-electron chi connectivity index (χ3n) is 9.49. The predicted molar refractivity (Wildman–Crippen MR) is 173 cm³/mol. The van der Waals surface area contributed by atoms with Crippen LogP contribution in [-0.2, 0) is 17.8 Å². The minimum atomic E-state index is -0.347. The molecule has 224 valence electrons. The molecule has 7 heteroatoms. The van der Waals surface area contributed by atoms with Gasteiger partial charge in [-0.1, -0.05) is 60.7 Å². The second kappa shape index (κ2) is 12.2. The van der Waals surface area contributed by atoms with Crippen LogP contribution in [0.1, 0.15) is 52.5 Å². The number of carbonyl (C=O) groups excluding carboxylic acids is 2. The van der Waals surface area contributed by atoms with Crippen molar-refractivity contribution in [3.8, 4) is 5.75 Å². The van der Waals surface area contributed by atoms with E-state index in [0.717, 1.165) is 51.3 Å². The average Bonchev–Trinajstić information content (AvgIpc) is 3.05. The van der Waals surface area contributed by atoms with E-state index in [1.807, 2.05) is 24.3 Å². The third-order valence-corrected chi connectivity index (χ3v) is 9.49. The van der Waals surface area contributed by atoms with E-state index in [1.165, 1.54) is 33.5 Å². The number of phenols is 1. The summed E-state index contributed by atoms with van der Waals surface area (Å²) in [6.45, 7) is 5.06. The normalized spacial score (nSPS) is 20.7. The predicted octanol–water partition coefficient (Wildman–Crippen LogP) is 6.02. The quantitative estimate of drug-likeness (QED) is 0.289. The van der Waals surface area contributed by atoms with Crippen LogP contribution in [0.2, 0.25) is 0 Å². The molecule has 2 saturated heterocycles. The molecule has 44 heavy (non-hydrogen) atoms. The maximum absolute atomic E-state index is 12.3. The van der Waals surface area contributed by atoms with E-state index in [9.17, 15) is 14.7 Å². The van der Waals surface area contributed by atoms with Crippen LogP contribution < -0.4 is 15.1 Å². The fraction of sp³-hybridized carbons (Fsp3) is 0.297. The lowest BCUT2D eigenvalue weighted by atomic mass is 9.69. The SMILES string of the molecule is O=C1CCN(c2cccc(CN3CCN(c4ccc([C@H]5c6ccc(O)cc6CC[C@H]5c5ccccc5)cc4)CC3)c2)C(=O)N1. The Balaban J connectivity index is 1.02. The zero-order valence-electron chi connectivity index (χ0n) is 24.9. The Morgan fingerprint density at radius 3 is 2.30 bits per heavy atom. The van der Waals surface area contributed by atoms with Gasteiger partial charge in [0.15, 0.2) is 0 Å². The van der Waals surface area contributed by atoms with Gasteiger partial charge in [0.25, 0.3) is 0 Å². The van der Waals surface area contributed by atoms with Gasteiger partial charge >= 0.3 is 6.03 Å². The van der Waals surface area contributed by atoms with Crippen molar-refractivity contribution in [2.45, 2.75) is 37.6 Å². The fourth-order valence-corrected chi connectivity index (χ4v) is 7.23. The van der Waals surface area contributed by atoms with Gasteiger partial charge in [-0.3, -0.25) is 19.9 Å². The summed E-state index contributed by atoms with van der Waals surface area (Å²) in [5.74, 6) is 0.773. The lowest BCUT2D eigenvalue weighted by Gasteiger charge is -2.37. The molecule has 4 aromatic rings. The van der Waals surface area contributed by atoms with Gasteiger partial charge in [-0.15, -0.1) is 0 Å². The van der Waals surface area contributed by atoms with Crippen molar-refractivity contribution in [2.24, 2.45) is 0 Å². The molecule has 3 aliphatic rings. The number of fused-ring (bicyclic) bond motifs is 1. The van der Waals surface area contributed by atoms with Crippen molar-refractivity contribution in [3.63, 3.8) is 0 Å². The van der Waals surface area contributed by atoms with Crippen molar-refractivity contribution in [3.05, 3.63) is 125 Å². The number of hydrogen-bond acceptors (Lipinski definition) is 5. The molecule has 0 saturated carbocycles. The van der Waals surface area contributed by atoms with Crippen LogP contribution in [0, 0.1) is 0 Å². The van der Waals surface area contributed by atoms with Crippen molar-refractivity contribution < 1.29 is 14.7 Å². The number of rotatable bonds is 6. The smallest absolute Gasteiger partial charge is 0.328 e. The molecule has 2 N–H and O–H groups in total. The lowest BCUT2D eigenvalue weighted by Crippen LogP contribution is -2.49. The molecule has 2 atom stereocenters. The Labute approximate surface area is 258 Å². The molecule has 2 fully saturated rings. The number of aryl methyl sites for hydroxylation is 1. The van der Waals surface area contributed by atoms with E-state index in [2.05, 4.69) is 87.9 Å². The topological polar surface area (TPSA) is 76.1 Å². The van der Waals surface area contributed by atoms with Crippen LogP contribution in [-0.4, -0.2) is 54.7 Å². The van der Waals surface area contributed by atoms with Crippen LogP contribution in [0.25, 0.3) is 0 Å². The highest BCUT2D eigenvalue weighted by Gasteiger charge is 2.32. The fourth-order valence-electron chi connectivity index (χ4n) is 7.23. The maximum Gasteiger partial charge on any atom is 0.328 e. The number of phenolic OH excluding ortho intramolecular Hbond substituents is 1. The summed E-state index contributed by atoms with van der Waals surface area (Å²) < 4.78 is 0. The zero-order chi connectivity index (χ0) is 30.0. The zero-order valence-corrected chi connectivity index (χ0v) is 24.9. The second-order valence-electron chi connectivity index (χ2n) is 12.2. The highest BCUT2D eigenvalue weighted by molar-refractivity contribution is 6.05. The Kier molecular flexibility index (Phi) is 7.79. The summed E-state index contributed by atoms with van der Waals surface area (Å²) in [6.07, 6.45) is 2.36. The molecular weight excluding hydrogens is 548 g/mol. The van der Waals surface area contributed by atoms with Crippen molar-refractivity contribution in [1.29, 1.82) is 0 Å². The molecule has 7 rings (SSSR count). The van der Waals surface area contributed by atoms with Gasteiger partial charge in [0.2, 0.25) is 5.91 Å². The molecule has 3 amide bonds. The number of piperazine rings is 1. The maximum atomic E-state index is 12.3. The summed E-state index contributed by atoms with van der Waals surface area (Å²) >= 11 is 0. The molecular formula is C37H38N4O3. The molecule has 2 aliphatic heterocycles. The highest BCUT2D eigenvalue weighted by Crippen LogP contribution is 2.47. The highest BCUT2D eigenvalue weighted by atomic mass is 16.3. The van der Waals surface area contributed by atoms with E-state index >= 15 is 0 Å². The van der Waals surface area contributed by atoms with Gasteiger partial charge < -0.3 is 10.0 Å². The van der Waals surface area contributed by atoms with Gasteiger partial charge in [0, 0.05) is 63.0 Å². The van der Waals surface area contributed by atoms with E-state index in [4.69, 9.17) is 0 Å². The van der Waals surface area contributed by atoms with Gasteiger partial charge in [0.1, 0.15) is 5.75 Å². The van der Waals surface area contributed by atoms with Crippen LogP contribution in [0.4, 0.5) is 16.2 Å². The van der Waals surface area contributed by atoms with Gasteiger partial charge in [-0.05, 0) is 83.0 Å². The van der Waals surface area contributed by atoms with Gasteiger partial charge in [-0.2, -0.15) is 0 Å². The number of benzene rings is 4. The van der Waals surface area contributed by atoms with Crippen molar-refractivity contribution >= 4 is 23.3 Å². The van der Waals surface area contributed by atoms with Crippen molar-refractivity contribution in [2.75, 3.05) is 42.5 Å². The van der Waals surface area contributed by atoms with Gasteiger partial charge in [-0.25, -0.2) is 4.79 Å².